The Hall–Kier alpha value is -1.55. The van der Waals surface area contributed by atoms with Crippen LogP contribution in [-0.2, 0) is 10.2 Å². The number of unbranched alkanes of at least 4 members (excludes halogenated alkanes) is 2. The van der Waals surface area contributed by atoms with Crippen molar-refractivity contribution in [2.75, 3.05) is 20.3 Å². The molecular formula is C16H25NO3. The molecule has 0 spiro atoms. The predicted octanol–water partition coefficient (Wildman–Crippen LogP) is 2.25. The minimum absolute atomic E-state index is 0.00833. The lowest BCUT2D eigenvalue weighted by molar-refractivity contribution is -0.125. The average Bonchev–Trinajstić information content (AvgIpc) is 2.46. The van der Waals surface area contributed by atoms with E-state index in [1.807, 2.05) is 38.1 Å². The van der Waals surface area contributed by atoms with Gasteiger partial charge in [-0.3, -0.25) is 4.79 Å². The van der Waals surface area contributed by atoms with Gasteiger partial charge < -0.3 is 15.2 Å². The molecule has 0 fully saturated rings. The Kier molecular flexibility index (Phi) is 6.52. The van der Waals surface area contributed by atoms with Gasteiger partial charge in [-0.2, -0.15) is 0 Å². The van der Waals surface area contributed by atoms with Gasteiger partial charge in [0, 0.05) is 18.7 Å². The van der Waals surface area contributed by atoms with Gasteiger partial charge in [0.1, 0.15) is 5.75 Å². The molecule has 0 radical (unpaired) electrons. The lowest BCUT2D eigenvalue weighted by atomic mass is 9.83. The maximum Gasteiger partial charge on any atom is 0.230 e. The van der Waals surface area contributed by atoms with Gasteiger partial charge in [-0.25, -0.2) is 0 Å². The van der Waals surface area contributed by atoms with Crippen LogP contribution in [-0.4, -0.2) is 31.3 Å². The third-order valence-corrected chi connectivity index (χ3v) is 3.47. The molecule has 0 saturated carbocycles. The van der Waals surface area contributed by atoms with Crippen LogP contribution in [0.3, 0.4) is 0 Å². The summed E-state index contributed by atoms with van der Waals surface area (Å²) in [7, 11) is 1.61. The average molecular weight is 279 g/mol. The van der Waals surface area contributed by atoms with Crippen LogP contribution in [0.1, 0.15) is 38.7 Å². The van der Waals surface area contributed by atoms with Crippen molar-refractivity contribution < 1.29 is 14.6 Å². The summed E-state index contributed by atoms with van der Waals surface area (Å²) in [6.45, 7) is 4.64. The second-order valence-electron chi connectivity index (χ2n) is 5.37. The normalized spacial score (nSPS) is 11.2. The van der Waals surface area contributed by atoms with Crippen molar-refractivity contribution in [3.63, 3.8) is 0 Å². The van der Waals surface area contributed by atoms with Gasteiger partial charge in [-0.15, -0.1) is 0 Å². The number of amides is 1. The zero-order valence-electron chi connectivity index (χ0n) is 12.6. The van der Waals surface area contributed by atoms with Gasteiger partial charge >= 0.3 is 0 Å². The van der Waals surface area contributed by atoms with Crippen molar-refractivity contribution in [1.29, 1.82) is 0 Å². The van der Waals surface area contributed by atoms with Gasteiger partial charge in [-0.1, -0.05) is 18.2 Å². The van der Waals surface area contributed by atoms with E-state index in [4.69, 9.17) is 9.84 Å². The third-order valence-electron chi connectivity index (χ3n) is 3.47. The van der Waals surface area contributed by atoms with E-state index in [2.05, 4.69) is 5.32 Å². The molecule has 4 nitrogen and oxygen atoms in total. The predicted molar refractivity (Wildman–Crippen MR) is 80.0 cm³/mol. The number of nitrogens with one attached hydrogen (secondary N) is 1. The van der Waals surface area contributed by atoms with Crippen LogP contribution >= 0.6 is 0 Å². The topological polar surface area (TPSA) is 58.6 Å². The summed E-state index contributed by atoms with van der Waals surface area (Å²) in [6, 6.07) is 7.59. The van der Waals surface area contributed by atoms with Crippen LogP contribution in [0.2, 0.25) is 0 Å². The molecule has 0 unspecified atom stereocenters. The van der Waals surface area contributed by atoms with Crippen LogP contribution in [0.5, 0.6) is 5.75 Å². The van der Waals surface area contributed by atoms with Crippen LogP contribution < -0.4 is 10.1 Å². The summed E-state index contributed by atoms with van der Waals surface area (Å²) in [5, 5.41) is 11.7. The maximum atomic E-state index is 12.4. The van der Waals surface area contributed by atoms with E-state index in [1.165, 1.54) is 0 Å². The van der Waals surface area contributed by atoms with E-state index >= 15 is 0 Å². The molecule has 0 bridgehead atoms. The fraction of sp³-hybridized carbons (Fsp3) is 0.562. The number of benzene rings is 1. The molecule has 0 aliphatic carbocycles. The molecule has 1 aromatic carbocycles. The second kappa shape index (κ2) is 7.90. The molecule has 0 aliphatic rings. The van der Waals surface area contributed by atoms with Gasteiger partial charge in [0.15, 0.2) is 0 Å². The number of rotatable bonds is 8. The monoisotopic (exact) mass is 279 g/mol. The van der Waals surface area contributed by atoms with Crippen LogP contribution in [0.4, 0.5) is 0 Å². The number of aliphatic hydroxyl groups excluding tert-OH is 1. The standard InChI is InChI=1S/C16H25NO3/c1-16(2,13-9-5-6-10-14(13)20-3)15(19)17-11-7-4-8-12-18/h5-6,9-10,18H,4,7-8,11-12H2,1-3H3,(H,17,19). The molecule has 0 aromatic heterocycles. The number of para-hydroxylation sites is 1. The third kappa shape index (κ3) is 4.23. The number of carbonyl (C=O) groups excluding carboxylic acids is 1. The van der Waals surface area contributed by atoms with E-state index in [0.717, 1.165) is 30.6 Å². The van der Waals surface area contributed by atoms with E-state index < -0.39 is 5.41 Å². The number of carbonyl (C=O) groups is 1. The van der Waals surface area contributed by atoms with Crippen molar-refractivity contribution in [3.05, 3.63) is 29.8 Å². The molecule has 2 N–H and O–H groups in total. The summed E-state index contributed by atoms with van der Waals surface area (Å²) < 4.78 is 5.33. The highest BCUT2D eigenvalue weighted by Gasteiger charge is 2.32. The first kappa shape index (κ1) is 16.5. The highest BCUT2D eigenvalue weighted by atomic mass is 16.5. The first-order valence-corrected chi connectivity index (χ1v) is 7.06. The fourth-order valence-corrected chi connectivity index (χ4v) is 2.12. The number of hydrogen-bond donors (Lipinski definition) is 2. The lowest BCUT2D eigenvalue weighted by Gasteiger charge is -2.26. The summed E-state index contributed by atoms with van der Waals surface area (Å²) in [6.07, 6.45) is 2.59. The lowest BCUT2D eigenvalue weighted by Crippen LogP contribution is -2.40. The zero-order valence-corrected chi connectivity index (χ0v) is 12.6. The van der Waals surface area contributed by atoms with Crippen molar-refractivity contribution in [1.82, 2.24) is 5.32 Å². The number of ether oxygens (including phenoxy) is 1. The second-order valence-corrected chi connectivity index (χ2v) is 5.37. The Bertz CT molecular complexity index is 429. The Morgan fingerprint density at radius 3 is 2.60 bits per heavy atom. The summed E-state index contributed by atoms with van der Waals surface area (Å²) in [4.78, 5) is 12.4. The zero-order chi connectivity index (χ0) is 15.0. The minimum atomic E-state index is -0.635. The van der Waals surface area contributed by atoms with Gasteiger partial charge in [0.05, 0.1) is 12.5 Å². The van der Waals surface area contributed by atoms with E-state index in [-0.39, 0.29) is 12.5 Å². The fourth-order valence-electron chi connectivity index (χ4n) is 2.12. The maximum absolute atomic E-state index is 12.4. The van der Waals surface area contributed by atoms with Gasteiger partial charge in [0.2, 0.25) is 5.91 Å². The molecule has 0 heterocycles. The molecule has 0 aliphatic heterocycles. The SMILES string of the molecule is COc1ccccc1C(C)(C)C(=O)NCCCCCO. The first-order valence-electron chi connectivity index (χ1n) is 7.06. The molecule has 1 aromatic rings. The highest BCUT2D eigenvalue weighted by molar-refractivity contribution is 5.88. The van der Waals surface area contributed by atoms with Crippen molar-refractivity contribution in [2.45, 2.75) is 38.5 Å². The molecular weight excluding hydrogens is 254 g/mol. The van der Waals surface area contributed by atoms with Crippen LogP contribution in [0.15, 0.2) is 24.3 Å². The molecule has 4 heteroatoms. The van der Waals surface area contributed by atoms with E-state index in [0.29, 0.717) is 6.54 Å². The van der Waals surface area contributed by atoms with Gasteiger partial charge in [-0.05, 0) is 39.2 Å². The molecule has 112 valence electrons. The molecule has 20 heavy (non-hydrogen) atoms. The number of hydrogen-bond acceptors (Lipinski definition) is 3. The summed E-state index contributed by atoms with van der Waals surface area (Å²) >= 11 is 0. The molecule has 1 amide bonds. The minimum Gasteiger partial charge on any atom is -0.496 e. The van der Waals surface area contributed by atoms with Crippen molar-refractivity contribution >= 4 is 5.91 Å². The Morgan fingerprint density at radius 2 is 1.95 bits per heavy atom. The highest BCUT2D eigenvalue weighted by Crippen LogP contribution is 2.31. The molecule has 0 saturated heterocycles. The van der Waals surface area contributed by atoms with Crippen molar-refractivity contribution in [3.8, 4) is 5.75 Å². The number of methoxy groups -OCH3 is 1. The largest absolute Gasteiger partial charge is 0.496 e. The summed E-state index contributed by atoms with van der Waals surface area (Å²) in [5.41, 5.74) is 0.249. The number of aliphatic hydroxyl groups is 1. The van der Waals surface area contributed by atoms with E-state index in [1.54, 1.807) is 7.11 Å². The Labute approximate surface area is 121 Å². The van der Waals surface area contributed by atoms with Crippen LogP contribution in [0, 0.1) is 0 Å². The molecule has 0 atom stereocenters. The molecule has 1 rings (SSSR count). The van der Waals surface area contributed by atoms with Gasteiger partial charge in [0.25, 0.3) is 0 Å². The van der Waals surface area contributed by atoms with E-state index in [9.17, 15) is 4.79 Å². The smallest absolute Gasteiger partial charge is 0.230 e. The summed E-state index contributed by atoms with van der Waals surface area (Å²) in [5.74, 6) is 0.721. The quantitative estimate of drug-likeness (QED) is 0.718. The van der Waals surface area contributed by atoms with Crippen molar-refractivity contribution in [2.24, 2.45) is 0 Å². The first-order chi connectivity index (χ1) is 9.54. The Morgan fingerprint density at radius 1 is 1.25 bits per heavy atom. The Balaban J connectivity index is 2.65. The van der Waals surface area contributed by atoms with Crippen LogP contribution in [0.25, 0.3) is 0 Å².